The molecule has 0 radical (unpaired) electrons. The average molecular weight is 323 g/mol. The van der Waals surface area contributed by atoms with Crippen LogP contribution in [0.5, 0.6) is 11.5 Å². The number of rotatable bonds is 1. The van der Waals surface area contributed by atoms with E-state index in [1.54, 1.807) is 0 Å². The van der Waals surface area contributed by atoms with Crippen LogP contribution < -0.4 is 9.47 Å². The van der Waals surface area contributed by atoms with Gasteiger partial charge in [-0.15, -0.1) is 11.3 Å². The van der Waals surface area contributed by atoms with Crippen molar-refractivity contribution < 1.29 is 9.47 Å². The number of ether oxygens (including phenoxy) is 2. The first-order valence-corrected chi connectivity index (χ1v) is 6.85. The topological polar surface area (TPSA) is 55.1 Å². The zero-order chi connectivity index (χ0) is 12.5. The molecule has 0 aliphatic carbocycles. The first-order valence-electron chi connectivity index (χ1n) is 5.24. The summed E-state index contributed by atoms with van der Waals surface area (Å²) in [5.41, 5.74) is 1.33. The average Bonchev–Trinajstić information content (AvgIpc) is 2.79. The van der Waals surface area contributed by atoms with Gasteiger partial charge in [-0.2, -0.15) is 5.26 Å². The summed E-state index contributed by atoms with van der Waals surface area (Å²) in [6.45, 7) is 1.13. The fourth-order valence-electron chi connectivity index (χ4n) is 1.67. The van der Waals surface area contributed by atoms with E-state index in [9.17, 15) is 0 Å². The predicted molar refractivity (Wildman–Crippen MR) is 71.0 cm³/mol. The van der Waals surface area contributed by atoms with Gasteiger partial charge in [-0.05, 0) is 34.1 Å². The number of thiazole rings is 1. The lowest BCUT2D eigenvalue weighted by Gasteiger charge is -2.18. The second kappa shape index (κ2) is 4.59. The van der Waals surface area contributed by atoms with Gasteiger partial charge in [-0.3, -0.25) is 0 Å². The highest BCUT2D eigenvalue weighted by Gasteiger charge is 2.15. The molecule has 2 aromatic rings. The number of hydrogen-bond acceptors (Lipinski definition) is 5. The van der Waals surface area contributed by atoms with Crippen molar-refractivity contribution in [2.24, 2.45) is 0 Å². The van der Waals surface area contributed by atoms with Crippen LogP contribution in [0.2, 0.25) is 0 Å². The standard InChI is InChI=1S/C12H7BrN2O2S/c13-11-8(6-14)15-12(18-11)7-1-2-9-10(5-7)17-4-3-16-9/h1-2,5H,3-4H2. The molecule has 1 aliphatic heterocycles. The zero-order valence-electron chi connectivity index (χ0n) is 9.14. The van der Waals surface area contributed by atoms with Gasteiger partial charge in [0, 0.05) is 5.56 Å². The molecule has 0 spiro atoms. The predicted octanol–water partition coefficient (Wildman–Crippen LogP) is 3.22. The van der Waals surface area contributed by atoms with Crippen LogP contribution in [0.4, 0.5) is 0 Å². The SMILES string of the molecule is N#Cc1nc(-c2ccc3c(c2)OCCO3)sc1Br. The highest BCUT2D eigenvalue weighted by molar-refractivity contribution is 9.11. The molecule has 1 aliphatic rings. The van der Waals surface area contributed by atoms with Gasteiger partial charge in [0.25, 0.3) is 0 Å². The molecule has 0 unspecified atom stereocenters. The molecule has 4 nitrogen and oxygen atoms in total. The van der Waals surface area contributed by atoms with E-state index in [2.05, 4.69) is 20.9 Å². The van der Waals surface area contributed by atoms with Gasteiger partial charge in [0.05, 0.1) is 0 Å². The maximum atomic E-state index is 8.89. The summed E-state index contributed by atoms with van der Waals surface area (Å²) in [4.78, 5) is 4.26. The van der Waals surface area contributed by atoms with Gasteiger partial charge in [-0.1, -0.05) is 0 Å². The first-order chi connectivity index (χ1) is 8.78. The van der Waals surface area contributed by atoms with Crippen molar-refractivity contribution in [1.29, 1.82) is 5.26 Å². The smallest absolute Gasteiger partial charge is 0.166 e. The van der Waals surface area contributed by atoms with Crippen LogP contribution in [0.3, 0.4) is 0 Å². The van der Waals surface area contributed by atoms with E-state index < -0.39 is 0 Å². The third-order valence-electron chi connectivity index (χ3n) is 2.48. The quantitative estimate of drug-likeness (QED) is 0.809. The lowest BCUT2D eigenvalue weighted by Crippen LogP contribution is -2.15. The van der Waals surface area contributed by atoms with Gasteiger partial charge in [0.2, 0.25) is 0 Å². The highest BCUT2D eigenvalue weighted by atomic mass is 79.9. The lowest BCUT2D eigenvalue weighted by molar-refractivity contribution is 0.171. The Kier molecular flexibility index (Phi) is 2.94. The Labute approximate surface area is 116 Å². The number of halogens is 1. The number of benzene rings is 1. The minimum Gasteiger partial charge on any atom is -0.486 e. The summed E-state index contributed by atoms with van der Waals surface area (Å²) in [5.74, 6) is 1.48. The van der Waals surface area contributed by atoms with E-state index in [4.69, 9.17) is 14.7 Å². The molecule has 0 amide bonds. The molecule has 0 saturated carbocycles. The van der Waals surface area contributed by atoms with Crippen LogP contribution in [-0.4, -0.2) is 18.2 Å². The zero-order valence-corrected chi connectivity index (χ0v) is 11.5. The van der Waals surface area contributed by atoms with Gasteiger partial charge < -0.3 is 9.47 Å². The number of fused-ring (bicyclic) bond motifs is 1. The molecule has 90 valence electrons. The molecule has 0 N–H and O–H groups in total. The minimum absolute atomic E-state index is 0.407. The Morgan fingerprint density at radius 2 is 2.06 bits per heavy atom. The normalized spacial score (nSPS) is 13.1. The third-order valence-corrected chi connectivity index (χ3v) is 4.23. The second-order valence-corrected chi connectivity index (χ2v) is 5.93. The van der Waals surface area contributed by atoms with Gasteiger partial charge >= 0.3 is 0 Å². The van der Waals surface area contributed by atoms with E-state index in [0.29, 0.717) is 18.9 Å². The van der Waals surface area contributed by atoms with Crippen LogP contribution >= 0.6 is 27.3 Å². The Morgan fingerprint density at radius 3 is 2.78 bits per heavy atom. The fourth-order valence-corrected chi connectivity index (χ4v) is 3.05. The van der Waals surface area contributed by atoms with Crippen molar-refractivity contribution in [2.45, 2.75) is 0 Å². The summed E-state index contributed by atoms with van der Waals surface area (Å²) >= 11 is 4.76. The molecule has 0 atom stereocenters. The van der Waals surface area contributed by atoms with Crippen molar-refractivity contribution in [3.63, 3.8) is 0 Å². The van der Waals surface area contributed by atoms with Crippen molar-refractivity contribution in [2.75, 3.05) is 13.2 Å². The summed E-state index contributed by atoms with van der Waals surface area (Å²) in [6, 6.07) is 7.72. The van der Waals surface area contributed by atoms with E-state index in [0.717, 1.165) is 25.9 Å². The Bertz CT molecular complexity index is 648. The van der Waals surface area contributed by atoms with Crippen LogP contribution in [0, 0.1) is 11.3 Å². The van der Waals surface area contributed by atoms with E-state index in [1.165, 1.54) is 11.3 Å². The maximum absolute atomic E-state index is 8.89. The maximum Gasteiger partial charge on any atom is 0.166 e. The molecule has 3 rings (SSSR count). The third kappa shape index (κ3) is 1.96. The van der Waals surface area contributed by atoms with Crippen LogP contribution in [-0.2, 0) is 0 Å². The van der Waals surface area contributed by atoms with Crippen molar-refractivity contribution in [3.8, 4) is 28.1 Å². The Balaban J connectivity index is 2.04. The number of hydrogen-bond donors (Lipinski definition) is 0. The van der Waals surface area contributed by atoms with Crippen molar-refractivity contribution in [3.05, 3.63) is 27.7 Å². The van der Waals surface area contributed by atoms with E-state index >= 15 is 0 Å². The first kappa shape index (κ1) is 11.5. The molecule has 2 heterocycles. The molecule has 1 aromatic heterocycles. The van der Waals surface area contributed by atoms with Gasteiger partial charge in [-0.25, -0.2) is 4.98 Å². The molecule has 6 heteroatoms. The largest absolute Gasteiger partial charge is 0.486 e. The monoisotopic (exact) mass is 322 g/mol. The summed E-state index contributed by atoms with van der Waals surface area (Å²) in [7, 11) is 0. The summed E-state index contributed by atoms with van der Waals surface area (Å²) in [6.07, 6.45) is 0. The molecule has 0 bridgehead atoms. The summed E-state index contributed by atoms with van der Waals surface area (Å²) < 4.78 is 11.7. The molecule has 0 saturated heterocycles. The van der Waals surface area contributed by atoms with E-state index in [1.807, 2.05) is 24.3 Å². The second-order valence-electron chi connectivity index (χ2n) is 3.61. The van der Waals surface area contributed by atoms with E-state index in [-0.39, 0.29) is 0 Å². The minimum atomic E-state index is 0.407. The van der Waals surface area contributed by atoms with Crippen molar-refractivity contribution in [1.82, 2.24) is 4.98 Å². The molecular weight excluding hydrogens is 316 g/mol. The van der Waals surface area contributed by atoms with Crippen LogP contribution in [0.1, 0.15) is 5.69 Å². The van der Waals surface area contributed by atoms with Gasteiger partial charge in [0.1, 0.15) is 28.1 Å². The highest BCUT2D eigenvalue weighted by Crippen LogP contribution is 2.37. The molecule has 18 heavy (non-hydrogen) atoms. The molecule has 1 aromatic carbocycles. The van der Waals surface area contributed by atoms with Crippen molar-refractivity contribution >= 4 is 27.3 Å². The Hall–Kier alpha value is -1.58. The summed E-state index contributed by atoms with van der Waals surface area (Å²) in [5, 5.41) is 9.68. The fraction of sp³-hybridized carbons (Fsp3) is 0.167. The number of nitriles is 1. The lowest BCUT2D eigenvalue weighted by atomic mass is 10.2. The number of aromatic nitrogens is 1. The number of nitrogens with zero attached hydrogens (tertiary/aromatic N) is 2. The van der Waals surface area contributed by atoms with Crippen LogP contribution in [0.15, 0.2) is 22.0 Å². The Morgan fingerprint density at radius 1 is 1.28 bits per heavy atom. The van der Waals surface area contributed by atoms with Crippen LogP contribution in [0.25, 0.3) is 10.6 Å². The molecule has 0 fully saturated rings. The molecular formula is C12H7BrN2O2S. The van der Waals surface area contributed by atoms with Gasteiger partial charge in [0.15, 0.2) is 17.2 Å².